The van der Waals surface area contributed by atoms with Gasteiger partial charge in [0, 0.05) is 7.05 Å². The molecule has 1 heterocycles. The van der Waals surface area contributed by atoms with Gasteiger partial charge in [-0.05, 0) is 19.8 Å². The van der Waals surface area contributed by atoms with Crippen LogP contribution in [-0.2, 0) is 16.5 Å². The average molecular weight is 283 g/mol. The highest BCUT2D eigenvalue weighted by Gasteiger charge is 2.23. The Bertz CT molecular complexity index is 494. The number of hydrogen-bond donors (Lipinski definition) is 1. The Balaban J connectivity index is 2.89. The summed E-state index contributed by atoms with van der Waals surface area (Å²) in [5, 5.41) is 6.64. The fraction of sp³-hybridized carbons (Fsp3) is 0.615. The van der Waals surface area contributed by atoms with Gasteiger partial charge in [-0.25, -0.2) is 9.59 Å². The minimum atomic E-state index is -0.618. The predicted octanol–water partition coefficient (Wildman–Crippen LogP) is 2.11. The third kappa shape index (κ3) is 3.97. The quantitative estimate of drug-likeness (QED) is 0.837. The standard InChI is InChI=1S/C13H21N3O4/c1-6-19-12(17)10-9(4)15-16(5)11(10)14-13(18)20-7-8(2)3/h8H,6-7H2,1-5H3,(H,14,18). The summed E-state index contributed by atoms with van der Waals surface area (Å²) in [4.78, 5) is 23.6. The summed E-state index contributed by atoms with van der Waals surface area (Å²) in [6.45, 7) is 7.82. The largest absolute Gasteiger partial charge is 0.462 e. The molecule has 0 aromatic carbocycles. The summed E-state index contributed by atoms with van der Waals surface area (Å²) < 4.78 is 11.4. The zero-order chi connectivity index (χ0) is 15.3. The van der Waals surface area contributed by atoms with Crippen LogP contribution < -0.4 is 5.32 Å². The van der Waals surface area contributed by atoms with Gasteiger partial charge in [0.25, 0.3) is 0 Å². The Hall–Kier alpha value is -2.05. The third-order valence-electron chi connectivity index (χ3n) is 2.47. The van der Waals surface area contributed by atoms with Gasteiger partial charge in [0.15, 0.2) is 0 Å². The topological polar surface area (TPSA) is 82.5 Å². The van der Waals surface area contributed by atoms with Crippen molar-refractivity contribution in [2.24, 2.45) is 13.0 Å². The van der Waals surface area contributed by atoms with Crippen LogP contribution in [-0.4, -0.2) is 35.1 Å². The molecule has 7 nitrogen and oxygen atoms in total. The monoisotopic (exact) mass is 283 g/mol. The molecule has 0 radical (unpaired) electrons. The van der Waals surface area contributed by atoms with E-state index in [1.807, 2.05) is 13.8 Å². The summed E-state index contributed by atoms with van der Waals surface area (Å²) in [6, 6.07) is 0. The summed E-state index contributed by atoms with van der Waals surface area (Å²) in [5.74, 6) is -0.00878. The van der Waals surface area contributed by atoms with Crippen LogP contribution in [0.15, 0.2) is 0 Å². The van der Waals surface area contributed by atoms with Crippen molar-refractivity contribution in [3.63, 3.8) is 0 Å². The first-order valence-corrected chi connectivity index (χ1v) is 6.51. The molecular formula is C13H21N3O4. The van der Waals surface area contributed by atoms with Gasteiger partial charge in [0.05, 0.1) is 18.9 Å². The lowest BCUT2D eigenvalue weighted by Gasteiger charge is -2.10. The van der Waals surface area contributed by atoms with E-state index in [2.05, 4.69) is 10.4 Å². The van der Waals surface area contributed by atoms with Crippen LogP contribution in [0.5, 0.6) is 0 Å². The van der Waals surface area contributed by atoms with E-state index < -0.39 is 12.1 Å². The third-order valence-corrected chi connectivity index (χ3v) is 2.47. The minimum Gasteiger partial charge on any atom is -0.462 e. The van der Waals surface area contributed by atoms with E-state index in [-0.39, 0.29) is 23.9 Å². The van der Waals surface area contributed by atoms with Crippen molar-refractivity contribution in [1.29, 1.82) is 0 Å². The molecule has 0 unspecified atom stereocenters. The molecule has 0 aliphatic carbocycles. The zero-order valence-corrected chi connectivity index (χ0v) is 12.5. The molecule has 0 fully saturated rings. The van der Waals surface area contributed by atoms with Crippen molar-refractivity contribution in [2.45, 2.75) is 27.7 Å². The van der Waals surface area contributed by atoms with Crippen molar-refractivity contribution in [1.82, 2.24) is 9.78 Å². The Morgan fingerprint density at radius 3 is 2.55 bits per heavy atom. The summed E-state index contributed by atoms with van der Waals surface area (Å²) in [6.07, 6.45) is -0.618. The molecule has 0 atom stereocenters. The van der Waals surface area contributed by atoms with E-state index in [4.69, 9.17) is 9.47 Å². The second kappa shape index (κ2) is 6.93. The Kier molecular flexibility index (Phi) is 5.54. The lowest BCUT2D eigenvalue weighted by Crippen LogP contribution is -2.20. The number of esters is 1. The van der Waals surface area contributed by atoms with E-state index in [0.29, 0.717) is 12.3 Å². The Morgan fingerprint density at radius 1 is 1.35 bits per heavy atom. The lowest BCUT2D eigenvalue weighted by atomic mass is 10.2. The summed E-state index contributed by atoms with van der Waals surface area (Å²) in [5.41, 5.74) is 0.737. The highest BCUT2D eigenvalue weighted by molar-refractivity contribution is 5.99. The first-order chi connectivity index (χ1) is 9.36. The smallest absolute Gasteiger partial charge is 0.412 e. The molecule has 0 aliphatic rings. The number of carbonyl (C=O) groups excluding carboxylic acids is 2. The van der Waals surface area contributed by atoms with Crippen molar-refractivity contribution in [3.8, 4) is 0 Å². The van der Waals surface area contributed by atoms with Gasteiger partial charge >= 0.3 is 12.1 Å². The van der Waals surface area contributed by atoms with E-state index in [9.17, 15) is 9.59 Å². The second-order valence-corrected chi connectivity index (χ2v) is 4.77. The molecule has 1 rings (SSSR count). The van der Waals surface area contributed by atoms with Crippen molar-refractivity contribution >= 4 is 17.9 Å². The van der Waals surface area contributed by atoms with Gasteiger partial charge in [-0.15, -0.1) is 0 Å². The highest BCUT2D eigenvalue weighted by Crippen LogP contribution is 2.20. The predicted molar refractivity (Wildman–Crippen MR) is 73.7 cm³/mol. The summed E-state index contributed by atoms with van der Waals surface area (Å²) >= 11 is 0. The van der Waals surface area contributed by atoms with Crippen LogP contribution in [0.4, 0.5) is 10.6 Å². The Labute approximate surface area is 118 Å². The fourth-order valence-electron chi connectivity index (χ4n) is 1.62. The number of aryl methyl sites for hydroxylation is 2. The number of hydrogen-bond acceptors (Lipinski definition) is 5. The van der Waals surface area contributed by atoms with Crippen LogP contribution in [0, 0.1) is 12.8 Å². The average Bonchev–Trinajstić information content (AvgIpc) is 2.62. The van der Waals surface area contributed by atoms with Gasteiger partial charge in [0.2, 0.25) is 0 Å². The van der Waals surface area contributed by atoms with Gasteiger partial charge in [-0.3, -0.25) is 10.00 Å². The van der Waals surface area contributed by atoms with E-state index in [1.54, 1.807) is 20.9 Å². The molecule has 1 N–H and O–H groups in total. The number of nitrogens with zero attached hydrogens (tertiary/aromatic N) is 2. The maximum atomic E-state index is 11.9. The molecule has 0 bridgehead atoms. The number of amides is 1. The number of rotatable bonds is 5. The van der Waals surface area contributed by atoms with Crippen LogP contribution in [0.2, 0.25) is 0 Å². The van der Waals surface area contributed by atoms with Gasteiger partial charge < -0.3 is 9.47 Å². The highest BCUT2D eigenvalue weighted by atomic mass is 16.5. The minimum absolute atomic E-state index is 0.235. The van der Waals surface area contributed by atoms with Crippen molar-refractivity contribution in [2.75, 3.05) is 18.5 Å². The number of aromatic nitrogens is 2. The molecule has 1 aromatic rings. The van der Waals surface area contributed by atoms with Gasteiger partial charge in [0.1, 0.15) is 11.4 Å². The van der Waals surface area contributed by atoms with E-state index >= 15 is 0 Å². The maximum Gasteiger partial charge on any atom is 0.412 e. The van der Waals surface area contributed by atoms with Crippen LogP contribution in [0.3, 0.4) is 0 Å². The summed E-state index contributed by atoms with van der Waals surface area (Å²) in [7, 11) is 1.63. The molecular weight excluding hydrogens is 262 g/mol. The second-order valence-electron chi connectivity index (χ2n) is 4.77. The first kappa shape index (κ1) is 16.0. The van der Waals surface area contributed by atoms with E-state index in [0.717, 1.165) is 0 Å². The van der Waals surface area contributed by atoms with Gasteiger partial charge in [-0.1, -0.05) is 13.8 Å². The van der Waals surface area contributed by atoms with Crippen molar-refractivity contribution < 1.29 is 19.1 Å². The molecule has 1 aromatic heterocycles. The Morgan fingerprint density at radius 2 is 2.00 bits per heavy atom. The van der Waals surface area contributed by atoms with Crippen molar-refractivity contribution in [3.05, 3.63) is 11.3 Å². The molecule has 0 saturated heterocycles. The SMILES string of the molecule is CCOC(=O)c1c(C)nn(C)c1NC(=O)OCC(C)C. The lowest BCUT2D eigenvalue weighted by molar-refractivity contribution is 0.0526. The molecule has 20 heavy (non-hydrogen) atoms. The van der Waals surface area contributed by atoms with Gasteiger partial charge in [-0.2, -0.15) is 5.10 Å². The molecule has 0 saturated carbocycles. The van der Waals surface area contributed by atoms with Crippen LogP contribution in [0.1, 0.15) is 36.8 Å². The molecule has 0 aliphatic heterocycles. The molecule has 112 valence electrons. The number of ether oxygens (including phenoxy) is 2. The van der Waals surface area contributed by atoms with Crippen LogP contribution >= 0.6 is 0 Å². The normalized spacial score (nSPS) is 10.5. The van der Waals surface area contributed by atoms with E-state index in [1.165, 1.54) is 4.68 Å². The first-order valence-electron chi connectivity index (χ1n) is 6.51. The maximum absolute atomic E-state index is 11.9. The molecule has 0 spiro atoms. The molecule has 7 heteroatoms. The zero-order valence-electron chi connectivity index (χ0n) is 12.5. The number of nitrogens with one attached hydrogen (secondary N) is 1. The number of anilines is 1. The van der Waals surface area contributed by atoms with Crippen LogP contribution in [0.25, 0.3) is 0 Å². The number of carbonyl (C=O) groups is 2. The fourth-order valence-corrected chi connectivity index (χ4v) is 1.62. The molecule has 1 amide bonds.